The van der Waals surface area contributed by atoms with Crippen molar-refractivity contribution in [3.63, 3.8) is 0 Å². The third-order valence-corrected chi connectivity index (χ3v) is 5.14. The number of allylic oxidation sites excluding steroid dienone is 1. The largest absolute Gasteiger partial charge is 0.238 e. The van der Waals surface area contributed by atoms with E-state index in [0.29, 0.717) is 11.3 Å². The summed E-state index contributed by atoms with van der Waals surface area (Å²) >= 11 is 6.83. The molecule has 0 N–H and O–H groups in total. The van der Waals surface area contributed by atoms with E-state index in [1.165, 1.54) is 0 Å². The minimum Gasteiger partial charge on any atom is -0.238 e. The Morgan fingerprint density at radius 3 is 1.68 bits per heavy atom. The summed E-state index contributed by atoms with van der Waals surface area (Å²) in [4.78, 5) is 3.66. The van der Waals surface area contributed by atoms with Crippen molar-refractivity contribution in [2.24, 2.45) is 0 Å². The summed E-state index contributed by atoms with van der Waals surface area (Å²) in [5.74, 6) is 0. The second kappa shape index (κ2) is 9.33. The quantitative estimate of drug-likeness (QED) is 0.209. The van der Waals surface area contributed by atoms with Gasteiger partial charge in [0.15, 0.2) is 5.70 Å². The summed E-state index contributed by atoms with van der Waals surface area (Å²) in [6.07, 6.45) is 3.71. The number of nitriles is 1. The molecule has 0 amide bonds. The van der Waals surface area contributed by atoms with Crippen LogP contribution < -0.4 is 0 Å². The van der Waals surface area contributed by atoms with E-state index in [-0.39, 0.29) is 0 Å². The van der Waals surface area contributed by atoms with Crippen LogP contribution in [0.15, 0.2) is 81.7 Å². The maximum absolute atomic E-state index is 9.55. The first-order valence-electron chi connectivity index (χ1n) is 8.42. The lowest BCUT2D eigenvalue weighted by atomic mass is 10.0. The van der Waals surface area contributed by atoms with Gasteiger partial charge in [-0.2, -0.15) is 5.26 Å². The van der Waals surface area contributed by atoms with Crippen molar-refractivity contribution in [3.05, 3.63) is 115 Å². The first kappa shape index (κ1) is 19.8. The molecule has 2 nitrogen and oxygen atoms in total. The van der Waals surface area contributed by atoms with E-state index in [2.05, 4.69) is 42.8 Å². The van der Waals surface area contributed by atoms with E-state index in [4.69, 9.17) is 6.57 Å². The summed E-state index contributed by atoms with van der Waals surface area (Å²) < 4.78 is 2.00. The molecular formula is C24H14Br2N2. The van der Waals surface area contributed by atoms with E-state index in [1.54, 1.807) is 0 Å². The van der Waals surface area contributed by atoms with Crippen LogP contribution in [0, 0.1) is 17.9 Å². The zero-order chi connectivity index (χ0) is 19.9. The number of halogens is 2. The molecule has 0 aliphatic heterocycles. The van der Waals surface area contributed by atoms with Crippen molar-refractivity contribution in [2.75, 3.05) is 0 Å². The highest BCUT2D eigenvalue weighted by Gasteiger charge is 2.05. The Labute approximate surface area is 181 Å². The number of nitrogens with zero attached hydrogens (tertiary/aromatic N) is 2. The van der Waals surface area contributed by atoms with Crippen LogP contribution >= 0.6 is 31.9 Å². The van der Waals surface area contributed by atoms with Gasteiger partial charge in [0.1, 0.15) is 0 Å². The maximum Gasteiger partial charge on any atom is 0.194 e. The fourth-order valence-corrected chi connectivity index (χ4v) is 3.15. The Bertz CT molecular complexity index is 1020. The van der Waals surface area contributed by atoms with Crippen molar-refractivity contribution < 1.29 is 0 Å². The molecule has 28 heavy (non-hydrogen) atoms. The van der Waals surface area contributed by atoms with Crippen LogP contribution in [0.25, 0.3) is 28.3 Å². The van der Waals surface area contributed by atoms with Crippen LogP contribution in [0.5, 0.6) is 0 Å². The highest BCUT2D eigenvalue weighted by atomic mass is 79.9. The first-order valence-corrected chi connectivity index (χ1v) is 10.0. The minimum atomic E-state index is 0.560. The van der Waals surface area contributed by atoms with Gasteiger partial charge in [0, 0.05) is 8.95 Å². The number of benzene rings is 3. The normalized spacial score (nSPS) is 11.6. The SMILES string of the molecule is [C-]#[N+]C(=Cc1ccc(Br)cc1)c1ccc(C(C#N)=Cc2ccc(Br)cc2)cc1. The van der Waals surface area contributed by atoms with Gasteiger partial charge in [-0.05, 0) is 58.7 Å². The van der Waals surface area contributed by atoms with Crippen LogP contribution in [-0.4, -0.2) is 0 Å². The Balaban J connectivity index is 1.89. The van der Waals surface area contributed by atoms with Gasteiger partial charge < -0.3 is 0 Å². The molecule has 0 aromatic heterocycles. The van der Waals surface area contributed by atoms with Gasteiger partial charge in [0.2, 0.25) is 0 Å². The average Bonchev–Trinajstić information content (AvgIpc) is 2.73. The lowest BCUT2D eigenvalue weighted by Crippen LogP contribution is -1.85. The zero-order valence-corrected chi connectivity index (χ0v) is 17.9. The zero-order valence-electron chi connectivity index (χ0n) is 14.7. The molecule has 0 fully saturated rings. The van der Waals surface area contributed by atoms with Gasteiger partial charge in [-0.25, -0.2) is 4.85 Å². The van der Waals surface area contributed by atoms with Crippen LogP contribution in [-0.2, 0) is 0 Å². The molecule has 0 unspecified atom stereocenters. The Hall–Kier alpha value is -2.92. The summed E-state index contributed by atoms with van der Waals surface area (Å²) in [7, 11) is 0. The smallest absolute Gasteiger partial charge is 0.194 e. The highest BCUT2D eigenvalue weighted by molar-refractivity contribution is 9.10. The van der Waals surface area contributed by atoms with Crippen molar-refractivity contribution in [1.82, 2.24) is 0 Å². The molecular weight excluding hydrogens is 476 g/mol. The first-order chi connectivity index (χ1) is 13.6. The van der Waals surface area contributed by atoms with Crippen molar-refractivity contribution >= 4 is 55.3 Å². The van der Waals surface area contributed by atoms with Crippen LogP contribution in [0.2, 0.25) is 0 Å². The van der Waals surface area contributed by atoms with E-state index < -0.39 is 0 Å². The Kier molecular flexibility index (Phi) is 6.61. The molecule has 0 bridgehead atoms. The predicted octanol–water partition coefficient (Wildman–Crippen LogP) is 7.69. The molecule has 3 rings (SSSR count). The summed E-state index contributed by atoms with van der Waals surface area (Å²) in [5, 5.41) is 9.55. The lowest BCUT2D eigenvalue weighted by Gasteiger charge is -2.04. The predicted molar refractivity (Wildman–Crippen MR) is 123 cm³/mol. The Morgan fingerprint density at radius 1 is 0.750 bits per heavy atom. The van der Waals surface area contributed by atoms with Gasteiger partial charge >= 0.3 is 0 Å². The fourth-order valence-electron chi connectivity index (χ4n) is 2.62. The van der Waals surface area contributed by atoms with E-state index in [0.717, 1.165) is 31.2 Å². The lowest BCUT2D eigenvalue weighted by molar-refractivity contribution is 1.51. The Morgan fingerprint density at radius 2 is 1.21 bits per heavy atom. The van der Waals surface area contributed by atoms with Crippen molar-refractivity contribution in [1.29, 1.82) is 5.26 Å². The van der Waals surface area contributed by atoms with Crippen molar-refractivity contribution in [2.45, 2.75) is 0 Å². The molecule has 0 heterocycles. The van der Waals surface area contributed by atoms with E-state index >= 15 is 0 Å². The summed E-state index contributed by atoms with van der Waals surface area (Å²) in [5.41, 5.74) is 4.70. The van der Waals surface area contributed by atoms with Crippen LogP contribution in [0.3, 0.4) is 0 Å². The maximum atomic E-state index is 9.55. The summed E-state index contributed by atoms with van der Waals surface area (Å²) in [6, 6.07) is 25.4. The standard InChI is InChI=1S/C24H14Br2N2/c1-28-24(15-18-4-12-23(26)13-5-18)20-8-6-19(7-9-20)21(16-27)14-17-2-10-22(25)11-3-17/h2-15H. The third-order valence-electron chi connectivity index (χ3n) is 4.09. The number of hydrogen-bond donors (Lipinski definition) is 0. The highest BCUT2D eigenvalue weighted by Crippen LogP contribution is 2.24. The van der Waals surface area contributed by atoms with Gasteiger partial charge in [-0.3, -0.25) is 0 Å². The molecule has 0 aliphatic carbocycles. The number of rotatable bonds is 4. The third kappa shape index (κ3) is 5.08. The number of hydrogen-bond acceptors (Lipinski definition) is 1. The van der Waals surface area contributed by atoms with Gasteiger partial charge in [0.05, 0.1) is 18.2 Å². The molecule has 0 saturated heterocycles. The molecule has 3 aromatic rings. The second-order valence-electron chi connectivity index (χ2n) is 5.99. The average molecular weight is 490 g/mol. The van der Waals surface area contributed by atoms with Crippen LogP contribution in [0.4, 0.5) is 0 Å². The molecule has 134 valence electrons. The van der Waals surface area contributed by atoms with E-state index in [1.807, 2.05) is 84.9 Å². The van der Waals surface area contributed by atoms with Crippen molar-refractivity contribution in [3.8, 4) is 6.07 Å². The van der Waals surface area contributed by atoms with E-state index in [9.17, 15) is 5.26 Å². The molecule has 0 spiro atoms. The molecule has 4 heteroatoms. The molecule has 0 saturated carbocycles. The summed E-state index contributed by atoms with van der Waals surface area (Å²) in [6.45, 7) is 7.51. The monoisotopic (exact) mass is 488 g/mol. The molecule has 0 radical (unpaired) electrons. The fraction of sp³-hybridized carbons (Fsp3) is 0. The second-order valence-corrected chi connectivity index (χ2v) is 7.82. The van der Waals surface area contributed by atoms with Gasteiger partial charge in [-0.15, -0.1) is 0 Å². The molecule has 0 atom stereocenters. The van der Waals surface area contributed by atoms with Gasteiger partial charge in [0.25, 0.3) is 0 Å². The molecule has 3 aromatic carbocycles. The van der Waals surface area contributed by atoms with Crippen LogP contribution in [0.1, 0.15) is 22.3 Å². The molecule has 0 aliphatic rings. The van der Waals surface area contributed by atoms with Gasteiger partial charge in [-0.1, -0.05) is 80.4 Å². The topological polar surface area (TPSA) is 28.1 Å². The minimum absolute atomic E-state index is 0.560.